The molecular weight excluding hydrogens is 415 g/mol. The molecule has 0 bridgehead atoms. The lowest BCUT2D eigenvalue weighted by Crippen LogP contribution is -2.07. The maximum Gasteiger partial charge on any atom is 0.303 e. The quantitative estimate of drug-likeness (QED) is 0.350. The van der Waals surface area contributed by atoms with Gasteiger partial charge in [0.15, 0.2) is 0 Å². The van der Waals surface area contributed by atoms with Gasteiger partial charge in [-0.2, -0.15) is 0 Å². The molecule has 0 spiro atoms. The van der Waals surface area contributed by atoms with Crippen molar-refractivity contribution in [3.05, 3.63) is 70.4 Å². The average molecular weight is 449 g/mol. The zero-order valence-corrected chi connectivity index (χ0v) is 19.4. The van der Waals surface area contributed by atoms with E-state index in [0.29, 0.717) is 5.56 Å². The number of pyridine rings is 2. The van der Waals surface area contributed by atoms with Gasteiger partial charge in [0.25, 0.3) is 0 Å². The van der Waals surface area contributed by atoms with Crippen LogP contribution in [0.15, 0.2) is 36.5 Å². The molecule has 1 aliphatic carbocycles. The molecule has 1 atom stereocenters. The molecule has 2 heterocycles. The van der Waals surface area contributed by atoms with Gasteiger partial charge in [-0.3, -0.25) is 14.8 Å². The van der Waals surface area contributed by atoms with Crippen molar-refractivity contribution in [2.75, 3.05) is 0 Å². The van der Waals surface area contributed by atoms with Crippen molar-refractivity contribution in [3.63, 3.8) is 0 Å². The molecule has 4 rings (SSSR count). The predicted molar refractivity (Wildman–Crippen MR) is 129 cm³/mol. The first kappa shape index (κ1) is 23.3. The number of aryl methyl sites for hydroxylation is 4. The van der Waals surface area contributed by atoms with Crippen LogP contribution < -0.4 is 0 Å². The van der Waals surface area contributed by atoms with Crippen LogP contribution in [0.4, 0.5) is 4.39 Å². The van der Waals surface area contributed by atoms with Crippen LogP contribution in [0.25, 0.3) is 10.9 Å². The van der Waals surface area contributed by atoms with Crippen LogP contribution in [-0.4, -0.2) is 21.0 Å². The fourth-order valence-electron chi connectivity index (χ4n) is 4.91. The summed E-state index contributed by atoms with van der Waals surface area (Å²) in [6, 6.07) is 9.58. The average Bonchev–Trinajstić information content (AvgIpc) is 2.80. The Balaban J connectivity index is 1.29. The monoisotopic (exact) mass is 448 g/mol. The number of hydrogen-bond acceptors (Lipinski definition) is 3. The SMILES string of the molecule is Cc1cc2ncc(C(CCCCCCc3ccc4c(n3)CCCC4)CC(=O)O)cc2cc1F. The van der Waals surface area contributed by atoms with Crippen molar-refractivity contribution < 1.29 is 14.3 Å². The lowest BCUT2D eigenvalue weighted by Gasteiger charge is -2.16. The van der Waals surface area contributed by atoms with Gasteiger partial charge in [0.1, 0.15) is 5.82 Å². The van der Waals surface area contributed by atoms with E-state index in [4.69, 9.17) is 4.98 Å². The zero-order chi connectivity index (χ0) is 23.2. The van der Waals surface area contributed by atoms with Gasteiger partial charge >= 0.3 is 5.97 Å². The lowest BCUT2D eigenvalue weighted by molar-refractivity contribution is -0.137. The number of unbranched alkanes of at least 4 members (excludes halogenated alkanes) is 3. The molecular formula is C28H33FN2O2. The first-order valence-corrected chi connectivity index (χ1v) is 12.2. The molecule has 1 aromatic carbocycles. The van der Waals surface area contributed by atoms with Crippen molar-refractivity contribution >= 4 is 16.9 Å². The smallest absolute Gasteiger partial charge is 0.303 e. The van der Waals surface area contributed by atoms with Gasteiger partial charge < -0.3 is 5.11 Å². The van der Waals surface area contributed by atoms with E-state index < -0.39 is 5.97 Å². The number of fused-ring (bicyclic) bond motifs is 2. The van der Waals surface area contributed by atoms with E-state index in [2.05, 4.69) is 17.1 Å². The number of nitrogens with zero attached hydrogens (tertiary/aromatic N) is 2. The number of carboxylic acids is 1. The summed E-state index contributed by atoms with van der Waals surface area (Å²) in [6.07, 6.45) is 12.7. The van der Waals surface area contributed by atoms with Crippen LogP contribution in [0.2, 0.25) is 0 Å². The van der Waals surface area contributed by atoms with Gasteiger partial charge in [0.2, 0.25) is 0 Å². The van der Waals surface area contributed by atoms with Gasteiger partial charge in [-0.1, -0.05) is 25.3 Å². The summed E-state index contributed by atoms with van der Waals surface area (Å²) < 4.78 is 14.0. The molecule has 174 valence electrons. The number of carbonyl (C=O) groups is 1. The number of halogens is 1. The third-order valence-electron chi connectivity index (χ3n) is 6.85. The van der Waals surface area contributed by atoms with Crippen LogP contribution >= 0.6 is 0 Å². The molecule has 1 aliphatic rings. The summed E-state index contributed by atoms with van der Waals surface area (Å²) in [7, 11) is 0. The van der Waals surface area contributed by atoms with Crippen LogP contribution in [0.1, 0.15) is 85.4 Å². The summed E-state index contributed by atoms with van der Waals surface area (Å²) in [5, 5.41) is 10.1. The highest BCUT2D eigenvalue weighted by Gasteiger charge is 2.17. The number of carboxylic acid groups (broad SMARTS) is 1. The third kappa shape index (κ3) is 6.16. The number of aliphatic carboxylic acids is 1. The second kappa shape index (κ2) is 10.9. The largest absolute Gasteiger partial charge is 0.481 e. The first-order valence-electron chi connectivity index (χ1n) is 12.2. The Morgan fingerprint density at radius 2 is 1.91 bits per heavy atom. The highest BCUT2D eigenvalue weighted by Crippen LogP contribution is 2.29. The maximum atomic E-state index is 14.0. The summed E-state index contributed by atoms with van der Waals surface area (Å²) in [5.41, 5.74) is 6.11. The Kier molecular flexibility index (Phi) is 7.69. The molecule has 4 nitrogen and oxygen atoms in total. The van der Waals surface area contributed by atoms with E-state index in [1.54, 1.807) is 19.2 Å². The van der Waals surface area contributed by atoms with Crippen molar-refractivity contribution in [1.82, 2.24) is 9.97 Å². The standard InChI is InChI=1S/C28H33FN2O2/c1-19-14-27-22(16-25(19)29)15-23(18-30-27)21(17-28(32)33)9-4-2-3-5-10-24-13-12-20-8-6-7-11-26(20)31-24/h12-16,18,21H,2-11,17H2,1H3,(H,32,33). The van der Waals surface area contributed by atoms with E-state index in [1.165, 1.54) is 42.3 Å². The number of hydrogen-bond donors (Lipinski definition) is 1. The zero-order valence-electron chi connectivity index (χ0n) is 19.4. The molecule has 0 saturated heterocycles. The summed E-state index contributed by atoms with van der Waals surface area (Å²) in [6.45, 7) is 1.72. The molecule has 2 aromatic heterocycles. The molecule has 33 heavy (non-hydrogen) atoms. The predicted octanol–water partition coefficient (Wildman–Crippen LogP) is 6.71. The highest BCUT2D eigenvalue weighted by molar-refractivity contribution is 5.80. The van der Waals surface area contributed by atoms with Crippen LogP contribution in [0, 0.1) is 12.7 Å². The van der Waals surface area contributed by atoms with Crippen molar-refractivity contribution in [3.8, 4) is 0 Å². The molecule has 0 radical (unpaired) electrons. The van der Waals surface area contributed by atoms with Gasteiger partial charge in [-0.15, -0.1) is 0 Å². The highest BCUT2D eigenvalue weighted by atomic mass is 19.1. The normalized spacial score (nSPS) is 14.2. The summed E-state index contributed by atoms with van der Waals surface area (Å²) >= 11 is 0. The number of rotatable bonds is 10. The molecule has 1 unspecified atom stereocenters. The van der Waals surface area contributed by atoms with Crippen molar-refractivity contribution in [1.29, 1.82) is 0 Å². The summed E-state index contributed by atoms with van der Waals surface area (Å²) in [5.74, 6) is -1.18. The van der Waals surface area contributed by atoms with Crippen LogP contribution in [-0.2, 0) is 24.1 Å². The summed E-state index contributed by atoms with van der Waals surface area (Å²) in [4.78, 5) is 20.8. The molecule has 5 heteroatoms. The Morgan fingerprint density at radius 1 is 1.09 bits per heavy atom. The van der Waals surface area contributed by atoms with Gasteiger partial charge in [-0.25, -0.2) is 4.39 Å². The minimum absolute atomic E-state index is 0.0700. The van der Waals surface area contributed by atoms with E-state index in [1.807, 2.05) is 6.07 Å². The minimum Gasteiger partial charge on any atom is -0.481 e. The topological polar surface area (TPSA) is 63.1 Å². The van der Waals surface area contributed by atoms with Gasteiger partial charge in [-0.05, 0) is 98.7 Å². The first-order chi connectivity index (χ1) is 16.0. The Morgan fingerprint density at radius 3 is 2.76 bits per heavy atom. The molecule has 1 N–H and O–H groups in total. The van der Waals surface area contributed by atoms with Crippen LogP contribution in [0.5, 0.6) is 0 Å². The molecule has 0 saturated carbocycles. The van der Waals surface area contributed by atoms with E-state index in [9.17, 15) is 14.3 Å². The second-order valence-corrected chi connectivity index (χ2v) is 9.43. The lowest BCUT2D eigenvalue weighted by atomic mass is 9.90. The van der Waals surface area contributed by atoms with Crippen LogP contribution in [0.3, 0.4) is 0 Å². The van der Waals surface area contributed by atoms with Gasteiger partial charge in [0, 0.05) is 23.0 Å². The molecule has 0 fully saturated rings. The van der Waals surface area contributed by atoms with Crippen molar-refractivity contribution in [2.24, 2.45) is 0 Å². The second-order valence-electron chi connectivity index (χ2n) is 9.43. The number of benzene rings is 1. The van der Waals surface area contributed by atoms with Gasteiger partial charge in [0.05, 0.1) is 11.9 Å². The molecule has 3 aromatic rings. The third-order valence-corrected chi connectivity index (χ3v) is 6.85. The minimum atomic E-state index is -0.811. The van der Waals surface area contributed by atoms with E-state index in [-0.39, 0.29) is 18.2 Å². The Bertz CT molecular complexity index is 1130. The van der Waals surface area contributed by atoms with Crippen molar-refractivity contribution in [2.45, 2.75) is 83.5 Å². The van der Waals surface area contributed by atoms with E-state index in [0.717, 1.165) is 61.4 Å². The molecule has 0 aliphatic heterocycles. The molecule has 0 amide bonds. The fraction of sp³-hybridized carbons (Fsp3) is 0.464. The fourth-order valence-corrected chi connectivity index (χ4v) is 4.91. The number of aromatic nitrogens is 2. The Labute approximate surface area is 195 Å². The van der Waals surface area contributed by atoms with E-state index >= 15 is 0 Å². The Hall–Kier alpha value is -2.82. The maximum absolute atomic E-state index is 14.0.